The highest BCUT2D eigenvalue weighted by molar-refractivity contribution is 5.73. The van der Waals surface area contributed by atoms with Crippen molar-refractivity contribution in [1.29, 1.82) is 0 Å². The highest BCUT2D eigenvalue weighted by Gasteiger charge is 2.33. The number of carbonyl (C=O) groups is 1. The topological polar surface area (TPSA) is 80.9 Å². The first-order valence-electron chi connectivity index (χ1n) is 8.03. The summed E-state index contributed by atoms with van der Waals surface area (Å²) in [4.78, 5) is 11.4. The van der Waals surface area contributed by atoms with Gasteiger partial charge in [0, 0.05) is 6.42 Å². The summed E-state index contributed by atoms with van der Waals surface area (Å²) in [6, 6.07) is 0. The summed E-state index contributed by atoms with van der Waals surface area (Å²) in [6.45, 7) is 3.99. The van der Waals surface area contributed by atoms with E-state index in [-0.39, 0.29) is 0 Å². The predicted molar refractivity (Wildman–Crippen MR) is 78.7 cm³/mol. The van der Waals surface area contributed by atoms with Crippen LogP contribution in [0.5, 0.6) is 0 Å². The Hall–Kier alpha value is -1.46. The Morgan fingerprint density at radius 3 is 2.57 bits per heavy atom. The van der Waals surface area contributed by atoms with E-state index < -0.39 is 11.4 Å². The van der Waals surface area contributed by atoms with Gasteiger partial charge in [-0.1, -0.05) is 45.4 Å². The van der Waals surface area contributed by atoms with Crippen molar-refractivity contribution in [1.82, 2.24) is 20.2 Å². The molecule has 1 fully saturated rings. The van der Waals surface area contributed by atoms with Gasteiger partial charge in [0.05, 0.1) is 12.0 Å². The first-order chi connectivity index (χ1) is 10.0. The molecule has 0 amide bonds. The van der Waals surface area contributed by atoms with Crippen LogP contribution in [0.4, 0.5) is 0 Å². The van der Waals surface area contributed by atoms with Crippen LogP contribution in [-0.4, -0.2) is 31.3 Å². The standard InChI is InChI=1S/C15H26N4O2/c1-3-15(2,14(20)21)11-19-13(16-17-18-19)10-12-8-6-4-5-7-9-12/h12H,3-11H2,1-2H3,(H,20,21). The molecule has 1 N–H and O–H groups in total. The lowest BCUT2D eigenvalue weighted by molar-refractivity contribution is -0.149. The second-order valence-corrected chi connectivity index (χ2v) is 6.53. The van der Waals surface area contributed by atoms with E-state index in [2.05, 4.69) is 15.5 Å². The quantitative estimate of drug-likeness (QED) is 0.816. The minimum absolute atomic E-state index is 0.341. The Labute approximate surface area is 125 Å². The third-order valence-electron chi connectivity index (χ3n) is 4.85. The Balaban J connectivity index is 2.05. The van der Waals surface area contributed by atoms with Crippen LogP contribution >= 0.6 is 0 Å². The lowest BCUT2D eigenvalue weighted by atomic mass is 9.87. The fourth-order valence-corrected chi connectivity index (χ4v) is 2.98. The summed E-state index contributed by atoms with van der Waals surface area (Å²) < 4.78 is 1.70. The summed E-state index contributed by atoms with van der Waals surface area (Å²) in [6.07, 6.45) is 9.12. The maximum Gasteiger partial charge on any atom is 0.311 e. The maximum atomic E-state index is 11.4. The van der Waals surface area contributed by atoms with Crippen molar-refractivity contribution in [3.63, 3.8) is 0 Å². The molecule has 1 aromatic rings. The minimum Gasteiger partial charge on any atom is -0.481 e. The SMILES string of the molecule is CCC(C)(Cn1nnnc1CC1CCCCCC1)C(=O)O. The molecule has 1 atom stereocenters. The van der Waals surface area contributed by atoms with Crippen LogP contribution in [0.2, 0.25) is 0 Å². The molecule has 1 unspecified atom stereocenters. The van der Waals surface area contributed by atoms with Crippen LogP contribution in [0, 0.1) is 11.3 Å². The molecule has 1 aliphatic rings. The zero-order chi connectivity index (χ0) is 15.3. The first kappa shape index (κ1) is 15.9. The third-order valence-corrected chi connectivity index (χ3v) is 4.85. The molecule has 1 aromatic heterocycles. The van der Waals surface area contributed by atoms with Crippen molar-refractivity contribution < 1.29 is 9.90 Å². The van der Waals surface area contributed by atoms with Crippen molar-refractivity contribution in [3.8, 4) is 0 Å². The molecule has 0 aromatic carbocycles. The van der Waals surface area contributed by atoms with Crippen LogP contribution < -0.4 is 0 Å². The first-order valence-corrected chi connectivity index (χ1v) is 8.03. The normalized spacial score (nSPS) is 19.9. The molecule has 0 aliphatic heterocycles. The van der Waals surface area contributed by atoms with Crippen molar-refractivity contribution in [2.24, 2.45) is 11.3 Å². The number of hydrogen-bond acceptors (Lipinski definition) is 4. The summed E-state index contributed by atoms with van der Waals surface area (Å²) in [5, 5.41) is 21.3. The number of tetrazole rings is 1. The Kier molecular flexibility index (Phi) is 5.31. The zero-order valence-corrected chi connectivity index (χ0v) is 13.1. The largest absolute Gasteiger partial charge is 0.481 e. The predicted octanol–water partition coefficient (Wildman–Crippen LogP) is 2.69. The summed E-state index contributed by atoms with van der Waals surface area (Å²) >= 11 is 0. The van der Waals surface area contributed by atoms with E-state index in [9.17, 15) is 9.90 Å². The van der Waals surface area contributed by atoms with E-state index >= 15 is 0 Å². The fourth-order valence-electron chi connectivity index (χ4n) is 2.98. The lowest BCUT2D eigenvalue weighted by Crippen LogP contribution is -2.33. The summed E-state index contributed by atoms with van der Waals surface area (Å²) in [7, 11) is 0. The van der Waals surface area contributed by atoms with Gasteiger partial charge in [0.15, 0.2) is 5.82 Å². The number of aliphatic carboxylic acids is 1. The molecular formula is C15H26N4O2. The lowest BCUT2D eigenvalue weighted by Gasteiger charge is -2.23. The number of carboxylic acids is 1. The van der Waals surface area contributed by atoms with Crippen LogP contribution in [0.15, 0.2) is 0 Å². The molecule has 0 radical (unpaired) electrons. The number of rotatable bonds is 6. The Morgan fingerprint density at radius 2 is 2.00 bits per heavy atom. The van der Waals surface area contributed by atoms with Gasteiger partial charge < -0.3 is 5.11 Å². The second kappa shape index (κ2) is 7.00. The molecule has 0 saturated heterocycles. The average Bonchev–Trinajstić information content (AvgIpc) is 2.73. The molecule has 118 valence electrons. The number of nitrogens with zero attached hydrogens (tertiary/aromatic N) is 4. The molecule has 6 heteroatoms. The van der Waals surface area contributed by atoms with Crippen molar-refractivity contribution >= 4 is 5.97 Å². The molecule has 2 rings (SSSR count). The van der Waals surface area contributed by atoms with Crippen LogP contribution in [-0.2, 0) is 17.8 Å². The second-order valence-electron chi connectivity index (χ2n) is 6.53. The highest BCUT2D eigenvalue weighted by Crippen LogP contribution is 2.27. The fraction of sp³-hybridized carbons (Fsp3) is 0.867. The van der Waals surface area contributed by atoms with Crippen LogP contribution in [0.1, 0.15) is 64.6 Å². The molecular weight excluding hydrogens is 268 g/mol. The van der Waals surface area contributed by atoms with E-state index in [1.165, 1.54) is 38.5 Å². The maximum absolute atomic E-state index is 11.4. The highest BCUT2D eigenvalue weighted by atomic mass is 16.4. The molecule has 1 heterocycles. The molecule has 0 bridgehead atoms. The van der Waals surface area contributed by atoms with Gasteiger partial charge in [-0.3, -0.25) is 4.79 Å². The van der Waals surface area contributed by atoms with Crippen molar-refractivity contribution in [2.45, 2.75) is 71.8 Å². The third kappa shape index (κ3) is 4.02. The number of carboxylic acid groups (broad SMARTS) is 1. The van der Waals surface area contributed by atoms with Crippen LogP contribution in [0.3, 0.4) is 0 Å². The van der Waals surface area contributed by atoms with E-state index in [0.29, 0.717) is 18.9 Å². The molecule has 1 saturated carbocycles. The number of aromatic nitrogens is 4. The molecule has 1 aliphatic carbocycles. The average molecular weight is 294 g/mol. The van der Waals surface area contributed by atoms with E-state index in [0.717, 1.165) is 12.2 Å². The van der Waals surface area contributed by atoms with Gasteiger partial charge in [-0.15, -0.1) is 5.10 Å². The zero-order valence-electron chi connectivity index (χ0n) is 13.1. The van der Waals surface area contributed by atoms with Crippen molar-refractivity contribution in [3.05, 3.63) is 5.82 Å². The van der Waals surface area contributed by atoms with E-state index in [1.807, 2.05) is 6.92 Å². The molecule has 21 heavy (non-hydrogen) atoms. The van der Waals surface area contributed by atoms with Crippen molar-refractivity contribution in [2.75, 3.05) is 0 Å². The number of hydrogen-bond donors (Lipinski definition) is 1. The van der Waals surface area contributed by atoms with Gasteiger partial charge in [0.2, 0.25) is 0 Å². The van der Waals surface area contributed by atoms with Gasteiger partial charge in [0.25, 0.3) is 0 Å². The van der Waals surface area contributed by atoms with Gasteiger partial charge in [-0.25, -0.2) is 4.68 Å². The Morgan fingerprint density at radius 1 is 1.33 bits per heavy atom. The van der Waals surface area contributed by atoms with Gasteiger partial charge in [-0.05, 0) is 29.7 Å². The monoisotopic (exact) mass is 294 g/mol. The van der Waals surface area contributed by atoms with Gasteiger partial charge >= 0.3 is 5.97 Å². The minimum atomic E-state index is -0.812. The van der Waals surface area contributed by atoms with Gasteiger partial charge in [0.1, 0.15) is 0 Å². The molecule has 0 spiro atoms. The van der Waals surface area contributed by atoms with E-state index in [4.69, 9.17) is 0 Å². The summed E-state index contributed by atoms with van der Waals surface area (Å²) in [5.41, 5.74) is -0.812. The Bertz CT molecular complexity index is 466. The van der Waals surface area contributed by atoms with Gasteiger partial charge in [-0.2, -0.15) is 0 Å². The van der Waals surface area contributed by atoms with E-state index in [1.54, 1.807) is 11.6 Å². The molecule has 6 nitrogen and oxygen atoms in total. The summed E-state index contributed by atoms with van der Waals surface area (Å²) in [5.74, 6) is 0.679. The van der Waals surface area contributed by atoms with Crippen LogP contribution in [0.25, 0.3) is 0 Å². The smallest absolute Gasteiger partial charge is 0.311 e.